The lowest BCUT2D eigenvalue weighted by Gasteiger charge is -2.08. The zero-order chi connectivity index (χ0) is 15.2. The minimum Gasteiger partial charge on any atom is -0.370 e. The van der Waals surface area contributed by atoms with Gasteiger partial charge in [0.05, 0.1) is 17.1 Å². The van der Waals surface area contributed by atoms with E-state index in [4.69, 9.17) is 11.6 Å². The van der Waals surface area contributed by atoms with Gasteiger partial charge in [-0.05, 0) is 19.4 Å². The fourth-order valence-corrected chi connectivity index (χ4v) is 2.61. The molecule has 0 aliphatic rings. The molecule has 1 amide bonds. The van der Waals surface area contributed by atoms with Crippen LogP contribution in [0.3, 0.4) is 0 Å². The van der Waals surface area contributed by atoms with Crippen LogP contribution in [0.25, 0.3) is 0 Å². The Morgan fingerprint density at radius 2 is 2.19 bits per heavy atom. The van der Waals surface area contributed by atoms with E-state index in [1.54, 1.807) is 23.6 Å². The molecule has 0 unspecified atom stereocenters. The van der Waals surface area contributed by atoms with Gasteiger partial charge in [0, 0.05) is 23.8 Å². The standard InChI is InChI=1S/C14H17ClN4OS/c1-3-4-16-12-5-10(11(15)7-17-12)14(20)19-8-13-18-6-9(2)21-13/h5-7H,3-4,8H2,1-2H3,(H,16,17)(H,19,20). The summed E-state index contributed by atoms with van der Waals surface area (Å²) in [6.45, 7) is 5.24. The van der Waals surface area contributed by atoms with Gasteiger partial charge >= 0.3 is 0 Å². The molecule has 7 heteroatoms. The van der Waals surface area contributed by atoms with Gasteiger partial charge in [0.25, 0.3) is 5.91 Å². The molecule has 2 heterocycles. The van der Waals surface area contributed by atoms with Crippen LogP contribution in [0.4, 0.5) is 5.82 Å². The SMILES string of the molecule is CCCNc1cc(C(=O)NCc2ncc(C)s2)c(Cl)cn1. The predicted molar refractivity (Wildman–Crippen MR) is 86.0 cm³/mol. The summed E-state index contributed by atoms with van der Waals surface area (Å²) in [4.78, 5) is 21.7. The van der Waals surface area contributed by atoms with E-state index in [1.165, 1.54) is 6.20 Å². The number of nitrogens with one attached hydrogen (secondary N) is 2. The van der Waals surface area contributed by atoms with Crippen LogP contribution >= 0.6 is 22.9 Å². The third kappa shape index (κ3) is 4.41. The molecule has 0 radical (unpaired) electrons. The monoisotopic (exact) mass is 324 g/mol. The second kappa shape index (κ2) is 7.38. The van der Waals surface area contributed by atoms with Crippen molar-refractivity contribution < 1.29 is 4.79 Å². The first-order valence-electron chi connectivity index (χ1n) is 6.69. The average Bonchev–Trinajstić information content (AvgIpc) is 2.89. The molecular formula is C14H17ClN4OS. The zero-order valence-electron chi connectivity index (χ0n) is 11.9. The Kier molecular flexibility index (Phi) is 5.52. The third-order valence-electron chi connectivity index (χ3n) is 2.73. The van der Waals surface area contributed by atoms with Gasteiger partial charge in [-0.3, -0.25) is 4.79 Å². The number of aryl methyl sites for hydroxylation is 1. The molecule has 0 saturated heterocycles. The maximum absolute atomic E-state index is 12.2. The van der Waals surface area contributed by atoms with Crippen LogP contribution in [-0.2, 0) is 6.54 Å². The van der Waals surface area contributed by atoms with Gasteiger partial charge in [0.15, 0.2) is 0 Å². The minimum atomic E-state index is -0.227. The summed E-state index contributed by atoms with van der Waals surface area (Å²) >= 11 is 7.61. The topological polar surface area (TPSA) is 66.9 Å². The predicted octanol–water partition coefficient (Wildman–Crippen LogP) is 3.25. The van der Waals surface area contributed by atoms with Crippen LogP contribution in [0.1, 0.15) is 33.6 Å². The van der Waals surface area contributed by atoms with Crippen molar-refractivity contribution >= 4 is 34.7 Å². The number of halogens is 1. The summed E-state index contributed by atoms with van der Waals surface area (Å²) < 4.78 is 0. The summed E-state index contributed by atoms with van der Waals surface area (Å²) in [7, 11) is 0. The van der Waals surface area contributed by atoms with Gasteiger partial charge in [0.2, 0.25) is 0 Å². The number of nitrogens with zero attached hydrogens (tertiary/aromatic N) is 2. The Balaban J connectivity index is 2.03. The summed E-state index contributed by atoms with van der Waals surface area (Å²) in [6.07, 6.45) is 4.26. The average molecular weight is 325 g/mol. The number of amides is 1. The number of carbonyl (C=O) groups excluding carboxylic acids is 1. The molecule has 0 aliphatic heterocycles. The first kappa shape index (κ1) is 15.7. The Bertz CT molecular complexity index is 629. The van der Waals surface area contributed by atoms with Gasteiger partial charge in [-0.1, -0.05) is 18.5 Å². The molecule has 2 aromatic heterocycles. The number of carbonyl (C=O) groups is 1. The van der Waals surface area contributed by atoms with Crippen molar-refractivity contribution in [2.24, 2.45) is 0 Å². The smallest absolute Gasteiger partial charge is 0.253 e. The lowest BCUT2D eigenvalue weighted by atomic mass is 10.2. The summed E-state index contributed by atoms with van der Waals surface area (Å²) in [5.74, 6) is 0.422. The number of thiazole rings is 1. The normalized spacial score (nSPS) is 10.4. The van der Waals surface area contributed by atoms with Gasteiger partial charge in [-0.25, -0.2) is 9.97 Å². The van der Waals surface area contributed by atoms with Gasteiger partial charge < -0.3 is 10.6 Å². The Morgan fingerprint density at radius 1 is 1.38 bits per heavy atom. The number of pyridine rings is 1. The van der Waals surface area contributed by atoms with Gasteiger partial charge in [-0.15, -0.1) is 11.3 Å². The molecule has 112 valence electrons. The van der Waals surface area contributed by atoms with Crippen LogP contribution in [0, 0.1) is 6.92 Å². The summed E-state index contributed by atoms with van der Waals surface area (Å²) in [5, 5.41) is 7.16. The quantitative estimate of drug-likeness (QED) is 0.856. The van der Waals surface area contributed by atoms with E-state index < -0.39 is 0 Å². The number of anilines is 1. The third-order valence-corrected chi connectivity index (χ3v) is 3.94. The van der Waals surface area contributed by atoms with Crippen molar-refractivity contribution in [2.45, 2.75) is 26.8 Å². The largest absolute Gasteiger partial charge is 0.370 e. The van der Waals surface area contributed by atoms with E-state index >= 15 is 0 Å². The van der Waals surface area contributed by atoms with Crippen LogP contribution in [0.15, 0.2) is 18.5 Å². The molecule has 0 spiro atoms. The second-order valence-corrected chi connectivity index (χ2v) is 6.25. The van der Waals surface area contributed by atoms with Crippen LogP contribution in [0.2, 0.25) is 5.02 Å². The number of hydrogen-bond donors (Lipinski definition) is 2. The van der Waals surface area contributed by atoms with Crippen LogP contribution in [0.5, 0.6) is 0 Å². The van der Waals surface area contributed by atoms with Gasteiger partial charge in [-0.2, -0.15) is 0 Å². The van der Waals surface area contributed by atoms with E-state index in [0.29, 0.717) is 22.9 Å². The Morgan fingerprint density at radius 3 is 2.86 bits per heavy atom. The number of hydrogen-bond acceptors (Lipinski definition) is 5. The molecule has 0 aliphatic carbocycles. The Labute approximate surface area is 132 Å². The van der Waals surface area contributed by atoms with E-state index in [0.717, 1.165) is 22.9 Å². The highest BCUT2D eigenvalue weighted by molar-refractivity contribution is 7.11. The highest BCUT2D eigenvalue weighted by Crippen LogP contribution is 2.18. The zero-order valence-corrected chi connectivity index (χ0v) is 13.5. The van der Waals surface area contributed by atoms with E-state index in [-0.39, 0.29) is 5.91 Å². The van der Waals surface area contributed by atoms with Crippen molar-refractivity contribution in [1.29, 1.82) is 0 Å². The fourth-order valence-electron chi connectivity index (χ4n) is 1.70. The molecule has 2 aromatic rings. The molecule has 0 fully saturated rings. The fraction of sp³-hybridized carbons (Fsp3) is 0.357. The molecule has 2 rings (SSSR count). The number of aromatic nitrogens is 2. The van der Waals surface area contributed by atoms with E-state index in [1.807, 2.05) is 6.92 Å². The molecule has 0 aromatic carbocycles. The van der Waals surface area contributed by atoms with E-state index in [9.17, 15) is 4.79 Å². The highest BCUT2D eigenvalue weighted by atomic mass is 35.5. The first-order valence-corrected chi connectivity index (χ1v) is 7.88. The van der Waals surface area contributed by atoms with Crippen LogP contribution in [-0.4, -0.2) is 22.4 Å². The minimum absolute atomic E-state index is 0.227. The van der Waals surface area contributed by atoms with Crippen molar-refractivity contribution in [3.8, 4) is 0 Å². The van der Waals surface area contributed by atoms with Crippen molar-refractivity contribution in [2.75, 3.05) is 11.9 Å². The lowest BCUT2D eigenvalue weighted by Crippen LogP contribution is -2.23. The molecule has 0 bridgehead atoms. The lowest BCUT2D eigenvalue weighted by molar-refractivity contribution is 0.0951. The maximum Gasteiger partial charge on any atom is 0.253 e. The summed E-state index contributed by atoms with van der Waals surface area (Å²) in [6, 6.07) is 1.67. The molecular weight excluding hydrogens is 308 g/mol. The molecule has 0 saturated carbocycles. The summed E-state index contributed by atoms with van der Waals surface area (Å²) in [5.41, 5.74) is 0.415. The molecule has 5 nitrogen and oxygen atoms in total. The highest BCUT2D eigenvalue weighted by Gasteiger charge is 2.12. The van der Waals surface area contributed by atoms with Crippen molar-refractivity contribution in [3.05, 3.63) is 38.9 Å². The maximum atomic E-state index is 12.2. The first-order chi connectivity index (χ1) is 10.1. The molecule has 2 N–H and O–H groups in total. The Hall–Kier alpha value is -1.66. The van der Waals surface area contributed by atoms with Gasteiger partial charge in [0.1, 0.15) is 10.8 Å². The van der Waals surface area contributed by atoms with E-state index in [2.05, 4.69) is 27.5 Å². The molecule has 21 heavy (non-hydrogen) atoms. The number of rotatable bonds is 6. The van der Waals surface area contributed by atoms with Crippen molar-refractivity contribution in [3.63, 3.8) is 0 Å². The molecule has 0 atom stereocenters. The van der Waals surface area contributed by atoms with Crippen molar-refractivity contribution in [1.82, 2.24) is 15.3 Å². The van der Waals surface area contributed by atoms with Crippen LogP contribution < -0.4 is 10.6 Å². The second-order valence-electron chi connectivity index (χ2n) is 4.52.